The van der Waals surface area contributed by atoms with Crippen molar-refractivity contribution in [2.24, 2.45) is 0 Å². The summed E-state index contributed by atoms with van der Waals surface area (Å²) < 4.78 is 46.9. The summed E-state index contributed by atoms with van der Waals surface area (Å²) in [5.74, 6) is -1.60. The van der Waals surface area contributed by atoms with Crippen molar-refractivity contribution in [2.45, 2.75) is 30.8 Å². The first kappa shape index (κ1) is 20.7. The van der Waals surface area contributed by atoms with Gasteiger partial charge >= 0.3 is 0 Å². The third-order valence-electron chi connectivity index (χ3n) is 4.45. The summed E-state index contributed by atoms with van der Waals surface area (Å²) in [4.78, 5) is 12.3. The van der Waals surface area contributed by atoms with Crippen LogP contribution < -0.4 is 10.0 Å². The molecule has 1 aliphatic heterocycles. The SMILES string of the molecule is Cc1ccc(NC(=O)c2cc(S(=O)(=O)NC[C@H]3CCCO3)ccc2F)cc1Cl. The van der Waals surface area contributed by atoms with Crippen LogP contribution in [0.2, 0.25) is 5.02 Å². The Morgan fingerprint density at radius 3 is 2.75 bits per heavy atom. The fourth-order valence-corrected chi connectivity index (χ4v) is 4.08. The summed E-state index contributed by atoms with van der Waals surface area (Å²) >= 11 is 6.03. The molecule has 9 heteroatoms. The zero-order chi connectivity index (χ0) is 20.3. The van der Waals surface area contributed by atoms with Gasteiger partial charge in [-0.05, 0) is 55.7 Å². The summed E-state index contributed by atoms with van der Waals surface area (Å²) in [5.41, 5.74) is 0.831. The van der Waals surface area contributed by atoms with Gasteiger partial charge in [0.15, 0.2) is 0 Å². The molecule has 2 aromatic rings. The average molecular weight is 427 g/mol. The number of halogens is 2. The molecule has 1 aliphatic rings. The smallest absolute Gasteiger partial charge is 0.258 e. The van der Waals surface area contributed by atoms with Crippen molar-refractivity contribution >= 4 is 33.2 Å². The minimum absolute atomic E-state index is 0.128. The first-order valence-electron chi connectivity index (χ1n) is 8.74. The molecule has 0 aromatic heterocycles. The van der Waals surface area contributed by atoms with Gasteiger partial charge in [-0.25, -0.2) is 17.5 Å². The summed E-state index contributed by atoms with van der Waals surface area (Å²) in [6, 6.07) is 7.96. The van der Waals surface area contributed by atoms with Gasteiger partial charge in [-0.1, -0.05) is 17.7 Å². The van der Waals surface area contributed by atoms with Gasteiger partial charge in [-0.3, -0.25) is 4.79 Å². The van der Waals surface area contributed by atoms with Crippen LogP contribution in [-0.4, -0.2) is 33.6 Å². The van der Waals surface area contributed by atoms with E-state index in [0.29, 0.717) is 17.3 Å². The molecule has 0 unspecified atom stereocenters. The molecule has 0 saturated carbocycles. The lowest BCUT2D eigenvalue weighted by molar-refractivity contribution is 0.102. The number of benzene rings is 2. The maximum atomic E-state index is 14.2. The normalized spacial score (nSPS) is 16.9. The van der Waals surface area contributed by atoms with Crippen LogP contribution in [0.3, 0.4) is 0 Å². The second kappa shape index (κ2) is 8.57. The van der Waals surface area contributed by atoms with E-state index >= 15 is 0 Å². The van der Waals surface area contributed by atoms with Crippen molar-refractivity contribution in [2.75, 3.05) is 18.5 Å². The van der Waals surface area contributed by atoms with Gasteiger partial charge in [0.25, 0.3) is 5.91 Å². The largest absolute Gasteiger partial charge is 0.377 e. The number of ether oxygens (including phenoxy) is 1. The quantitative estimate of drug-likeness (QED) is 0.740. The van der Waals surface area contributed by atoms with Crippen molar-refractivity contribution in [3.05, 3.63) is 58.4 Å². The lowest BCUT2D eigenvalue weighted by atomic mass is 10.2. The molecule has 6 nitrogen and oxygen atoms in total. The fraction of sp³-hybridized carbons (Fsp3) is 0.316. The van der Waals surface area contributed by atoms with Gasteiger partial charge in [-0.2, -0.15) is 0 Å². The number of nitrogens with one attached hydrogen (secondary N) is 2. The van der Waals surface area contributed by atoms with Crippen LogP contribution in [0.5, 0.6) is 0 Å². The number of carbonyl (C=O) groups excluding carboxylic acids is 1. The molecule has 0 radical (unpaired) electrons. The monoisotopic (exact) mass is 426 g/mol. The lowest BCUT2D eigenvalue weighted by Gasteiger charge is -2.13. The van der Waals surface area contributed by atoms with Crippen LogP contribution in [0.15, 0.2) is 41.3 Å². The van der Waals surface area contributed by atoms with Gasteiger partial charge in [-0.15, -0.1) is 0 Å². The van der Waals surface area contributed by atoms with Crippen molar-refractivity contribution in [1.29, 1.82) is 0 Å². The van der Waals surface area contributed by atoms with E-state index in [2.05, 4.69) is 10.0 Å². The predicted octanol–water partition coefficient (Wildman–Crippen LogP) is 3.50. The first-order valence-corrected chi connectivity index (χ1v) is 10.6. The number of sulfonamides is 1. The molecule has 1 amide bonds. The van der Waals surface area contributed by atoms with Crippen molar-refractivity contribution < 1.29 is 22.3 Å². The van der Waals surface area contributed by atoms with Gasteiger partial charge in [0, 0.05) is 23.9 Å². The molecule has 1 atom stereocenters. The minimum Gasteiger partial charge on any atom is -0.377 e. The standard InChI is InChI=1S/C19H20ClFN2O4S/c1-12-4-5-13(9-17(12)20)23-19(24)16-10-15(6-7-18(16)21)28(25,26)22-11-14-3-2-8-27-14/h4-7,9-10,14,22H,2-3,8,11H2,1H3,(H,23,24)/t14-/m1/s1. The molecule has 1 saturated heterocycles. The average Bonchev–Trinajstić information content (AvgIpc) is 3.17. The van der Waals surface area contributed by atoms with E-state index < -0.39 is 21.7 Å². The topological polar surface area (TPSA) is 84.5 Å². The van der Waals surface area contributed by atoms with Crippen LogP contribution in [0.1, 0.15) is 28.8 Å². The highest BCUT2D eigenvalue weighted by Gasteiger charge is 2.22. The third-order valence-corrected chi connectivity index (χ3v) is 6.28. The van der Waals surface area contributed by atoms with Gasteiger partial charge < -0.3 is 10.1 Å². The molecule has 2 N–H and O–H groups in total. The van der Waals surface area contributed by atoms with Crippen LogP contribution in [0.25, 0.3) is 0 Å². The van der Waals surface area contributed by atoms with Gasteiger partial charge in [0.05, 0.1) is 16.6 Å². The first-order chi connectivity index (χ1) is 13.3. The summed E-state index contributed by atoms with van der Waals surface area (Å²) in [6.45, 7) is 2.55. The van der Waals surface area contributed by atoms with E-state index in [0.717, 1.165) is 36.6 Å². The second-order valence-corrected chi connectivity index (χ2v) is 8.72. The van der Waals surface area contributed by atoms with Crippen LogP contribution in [0.4, 0.5) is 10.1 Å². The van der Waals surface area contributed by atoms with E-state index in [1.807, 2.05) is 6.92 Å². The fourth-order valence-electron chi connectivity index (χ4n) is 2.81. The van der Waals surface area contributed by atoms with Gasteiger partial charge in [0.1, 0.15) is 5.82 Å². The predicted molar refractivity (Wildman–Crippen MR) is 105 cm³/mol. The number of anilines is 1. The van der Waals surface area contributed by atoms with Gasteiger partial charge in [0.2, 0.25) is 10.0 Å². The molecule has 1 heterocycles. The van der Waals surface area contributed by atoms with E-state index in [-0.39, 0.29) is 23.1 Å². The van der Waals surface area contributed by atoms with E-state index in [4.69, 9.17) is 16.3 Å². The Kier molecular flexibility index (Phi) is 6.34. The second-order valence-electron chi connectivity index (χ2n) is 6.55. The number of hydrogen-bond acceptors (Lipinski definition) is 4. The Bertz CT molecular complexity index is 991. The Morgan fingerprint density at radius 1 is 1.29 bits per heavy atom. The lowest BCUT2D eigenvalue weighted by Crippen LogP contribution is -2.32. The van der Waals surface area contributed by atoms with Crippen molar-refractivity contribution in [3.63, 3.8) is 0 Å². The molecule has 1 fully saturated rings. The summed E-state index contributed by atoms with van der Waals surface area (Å²) in [5, 5.41) is 2.98. The van der Waals surface area contributed by atoms with Crippen molar-refractivity contribution in [3.8, 4) is 0 Å². The summed E-state index contributed by atoms with van der Waals surface area (Å²) in [7, 11) is -3.90. The Balaban J connectivity index is 1.77. The molecule has 0 aliphatic carbocycles. The highest BCUT2D eigenvalue weighted by molar-refractivity contribution is 7.89. The zero-order valence-corrected chi connectivity index (χ0v) is 16.7. The molecular weight excluding hydrogens is 407 g/mol. The molecule has 150 valence electrons. The number of aryl methyl sites for hydroxylation is 1. The minimum atomic E-state index is -3.90. The third kappa shape index (κ3) is 4.88. The maximum Gasteiger partial charge on any atom is 0.258 e. The number of amides is 1. The van der Waals surface area contributed by atoms with Crippen LogP contribution >= 0.6 is 11.6 Å². The maximum absolute atomic E-state index is 14.2. The Morgan fingerprint density at radius 2 is 2.07 bits per heavy atom. The molecule has 2 aromatic carbocycles. The Labute approximate surface area is 168 Å². The number of carbonyl (C=O) groups is 1. The summed E-state index contributed by atoms with van der Waals surface area (Å²) in [6.07, 6.45) is 1.49. The van der Waals surface area contributed by atoms with Crippen LogP contribution in [-0.2, 0) is 14.8 Å². The highest BCUT2D eigenvalue weighted by atomic mass is 35.5. The molecule has 0 bridgehead atoms. The highest BCUT2D eigenvalue weighted by Crippen LogP contribution is 2.22. The Hall–Kier alpha value is -2.00. The van der Waals surface area contributed by atoms with Crippen molar-refractivity contribution in [1.82, 2.24) is 4.72 Å². The zero-order valence-electron chi connectivity index (χ0n) is 15.2. The number of rotatable bonds is 6. The molecular formula is C19H20ClFN2O4S. The van der Waals surface area contributed by atoms with Crippen LogP contribution in [0, 0.1) is 12.7 Å². The van der Waals surface area contributed by atoms with E-state index in [1.54, 1.807) is 12.1 Å². The molecule has 28 heavy (non-hydrogen) atoms. The number of hydrogen-bond donors (Lipinski definition) is 2. The molecule has 0 spiro atoms. The molecule has 3 rings (SSSR count). The van der Waals surface area contributed by atoms with E-state index in [1.165, 1.54) is 6.07 Å². The van der Waals surface area contributed by atoms with E-state index in [9.17, 15) is 17.6 Å².